The second-order valence-corrected chi connectivity index (χ2v) is 7.71. The fourth-order valence-corrected chi connectivity index (χ4v) is 3.95. The van der Waals surface area contributed by atoms with Gasteiger partial charge in [-0.15, -0.1) is 5.10 Å². The zero-order chi connectivity index (χ0) is 23.1. The standard InChI is InChI=1S/C24H17N9O/c1-34-24-23-22(33(31-30-23)18-7-6-17-13-26-29-19(17)10-18)11-20(28-24)21-8-9-27-32(21)14-16-4-2-15(12-25)3-5-16/h2-11,13H,14H2,1H3,(H,26,29). The predicted molar refractivity (Wildman–Crippen MR) is 124 cm³/mol. The molecular formula is C24H17N9O. The topological polar surface area (TPSA) is 123 Å². The lowest BCUT2D eigenvalue weighted by atomic mass is 10.1. The minimum atomic E-state index is 0.382. The third-order valence-electron chi connectivity index (χ3n) is 5.66. The van der Waals surface area contributed by atoms with Crippen LogP contribution in [0.4, 0.5) is 0 Å². The summed E-state index contributed by atoms with van der Waals surface area (Å²) in [7, 11) is 1.56. The van der Waals surface area contributed by atoms with Crippen molar-refractivity contribution in [3.05, 3.63) is 78.1 Å². The van der Waals surface area contributed by atoms with Gasteiger partial charge >= 0.3 is 0 Å². The van der Waals surface area contributed by atoms with E-state index in [0.717, 1.165) is 33.4 Å². The number of nitrogens with zero attached hydrogens (tertiary/aromatic N) is 8. The maximum atomic E-state index is 9.04. The van der Waals surface area contributed by atoms with E-state index in [4.69, 9.17) is 10.00 Å². The molecular weight excluding hydrogens is 430 g/mol. The average Bonchev–Trinajstić information content (AvgIpc) is 3.62. The number of nitrogens with one attached hydrogen (secondary N) is 1. The predicted octanol–water partition coefficient (Wildman–Crippen LogP) is 3.48. The molecule has 0 spiro atoms. The first-order valence-electron chi connectivity index (χ1n) is 10.5. The third kappa shape index (κ3) is 3.23. The van der Waals surface area contributed by atoms with E-state index in [-0.39, 0.29) is 0 Å². The second-order valence-electron chi connectivity index (χ2n) is 7.71. The summed E-state index contributed by atoms with van der Waals surface area (Å²) in [6.07, 6.45) is 3.51. The summed E-state index contributed by atoms with van der Waals surface area (Å²) in [5.74, 6) is 0.382. The molecule has 0 fully saturated rings. The van der Waals surface area contributed by atoms with Crippen LogP contribution in [-0.4, -0.2) is 47.1 Å². The summed E-state index contributed by atoms with van der Waals surface area (Å²) < 4.78 is 9.17. The zero-order valence-corrected chi connectivity index (χ0v) is 18.0. The fourth-order valence-electron chi connectivity index (χ4n) is 3.95. The molecule has 164 valence electrons. The van der Waals surface area contributed by atoms with Gasteiger partial charge in [0, 0.05) is 11.6 Å². The number of aromatic amines is 1. The van der Waals surface area contributed by atoms with Gasteiger partial charge in [-0.3, -0.25) is 9.78 Å². The van der Waals surface area contributed by atoms with E-state index in [9.17, 15) is 0 Å². The number of H-pyrrole nitrogens is 1. The normalized spacial score (nSPS) is 11.2. The first-order chi connectivity index (χ1) is 16.7. The fraction of sp³-hybridized carbons (Fsp3) is 0.0833. The summed E-state index contributed by atoms with van der Waals surface area (Å²) in [6.45, 7) is 0.532. The van der Waals surface area contributed by atoms with Gasteiger partial charge in [-0.25, -0.2) is 9.67 Å². The lowest BCUT2D eigenvalue weighted by Gasteiger charge is -2.10. The molecule has 10 nitrogen and oxygen atoms in total. The third-order valence-corrected chi connectivity index (χ3v) is 5.66. The number of hydrogen-bond acceptors (Lipinski definition) is 7. The van der Waals surface area contributed by atoms with Crippen LogP contribution >= 0.6 is 0 Å². The summed E-state index contributed by atoms with van der Waals surface area (Å²) in [5, 5.41) is 30.3. The number of benzene rings is 2. The van der Waals surface area contributed by atoms with Crippen molar-refractivity contribution in [1.29, 1.82) is 5.26 Å². The van der Waals surface area contributed by atoms with E-state index in [1.54, 1.807) is 36.3 Å². The highest BCUT2D eigenvalue weighted by atomic mass is 16.5. The van der Waals surface area contributed by atoms with Crippen molar-refractivity contribution in [2.75, 3.05) is 7.11 Å². The molecule has 0 aliphatic rings. The molecule has 10 heteroatoms. The Morgan fingerprint density at radius 3 is 2.79 bits per heavy atom. The van der Waals surface area contributed by atoms with Crippen LogP contribution in [0.1, 0.15) is 11.1 Å². The van der Waals surface area contributed by atoms with Crippen molar-refractivity contribution in [3.63, 3.8) is 0 Å². The molecule has 6 aromatic rings. The van der Waals surface area contributed by atoms with E-state index in [2.05, 4.69) is 36.7 Å². The molecule has 0 aliphatic carbocycles. The Balaban J connectivity index is 1.45. The van der Waals surface area contributed by atoms with Gasteiger partial charge in [-0.05, 0) is 48.0 Å². The number of ether oxygens (including phenoxy) is 1. The highest BCUT2D eigenvalue weighted by molar-refractivity contribution is 5.86. The van der Waals surface area contributed by atoms with Crippen molar-refractivity contribution in [1.82, 2.24) is 40.0 Å². The average molecular weight is 447 g/mol. The van der Waals surface area contributed by atoms with Crippen molar-refractivity contribution >= 4 is 21.9 Å². The number of nitriles is 1. The number of aromatic nitrogens is 8. The minimum absolute atomic E-state index is 0.382. The van der Waals surface area contributed by atoms with Gasteiger partial charge < -0.3 is 4.74 Å². The SMILES string of the molecule is COc1nc(-c2ccnn2Cc2ccc(C#N)cc2)cc2c1nnn2-c1ccc2cn[nH]c2c1. The van der Waals surface area contributed by atoms with Crippen LogP contribution in [-0.2, 0) is 6.54 Å². The van der Waals surface area contributed by atoms with Gasteiger partial charge in [0.15, 0.2) is 5.52 Å². The summed E-state index contributed by atoms with van der Waals surface area (Å²) in [6, 6.07) is 19.3. The van der Waals surface area contributed by atoms with Crippen molar-refractivity contribution in [3.8, 4) is 29.0 Å². The molecule has 0 unspecified atom stereocenters. The van der Waals surface area contributed by atoms with E-state index in [1.807, 2.05) is 47.1 Å². The van der Waals surface area contributed by atoms with E-state index in [1.165, 1.54) is 0 Å². The Labute approximate surface area is 193 Å². The minimum Gasteiger partial charge on any atom is -0.479 e. The van der Waals surface area contributed by atoms with Crippen molar-refractivity contribution in [2.24, 2.45) is 0 Å². The van der Waals surface area contributed by atoms with E-state index in [0.29, 0.717) is 29.2 Å². The highest BCUT2D eigenvalue weighted by Crippen LogP contribution is 2.30. The van der Waals surface area contributed by atoms with Crippen LogP contribution in [0.5, 0.6) is 5.88 Å². The molecule has 6 rings (SSSR count). The van der Waals surface area contributed by atoms with Crippen molar-refractivity contribution in [2.45, 2.75) is 6.54 Å². The highest BCUT2D eigenvalue weighted by Gasteiger charge is 2.18. The lowest BCUT2D eigenvalue weighted by molar-refractivity contribution is 0.402. The molecule has 34 heavy (non-hydrogen) atoms. The van der Waals surface area contributed by atoms with Crippen LogP contribution in [0.3, 0.4) is 0 Å². The number of rotatable bonds is 5. The Kier molecular flexibility index (Phi) is 4.52. The number of methoxy groups -OCH3 is 1. The van der Waals surface area contributed by atoms with Gasteiger partial charge in [0.1, 0.15) is 5.52 Å². The zero-order valence-electron chi connectivity index (χ0n) is 18.0. The van der Waals surface area contributed by atoms with E-state index >= 15 is 0 Å². The molecule has 0 saturated heterocycles. The quantitative estimate of drug-likeness (QED) is 0.429. The van der Waals surface area contributed by atoms with Crippen LogP contribution in [0.2, 0.25) is 0 Å². The van der Waals surface area contributed by atoms with Crippen LogP contribution in [0, 0.1) is 11.3 Å². The van der Waals surface area contributed by atoms with Crippen LogP contribution in [0.15, 0.2) is 67.0 Å². The van der Waals surface area contributed by atoms with Gasteiger partial charge in [0.25, 0.3) is 0 Å². The molecule has 2 aromatic carbocycles. The van der Waals surface area contributed by atoms with Gasteiger partial charge in [-0.1, -0.05) is 17.3 Å². The smallest absolute Gasteiger partial charge is 0.244 e. The summed E-state index contributed by atoms with van der Waals surface area (Å²) in [4.78, 5) is 4.68. The number of pyridine rings is 1. The number of hydrogen-bond donors (Lipinski definition) is 1. The molecule has 1 N–H and O–H groups in total. The first kappa shape index (κ1) is 19.6. The second kappa shape index (κ2) is 7.83. The monoisotopic (exact) mass is 447 g/mol. The molecule has 0 saturated carbocycles. The van der Waals surface area contributed by atoms with Crippen LogP contribution in [0.25, 0.3) is 39.0 Å². The lowest BCUT2D eigenvalue weighted by Crippen LogP contribution is -2.05. The molecule has 4 heterocycles. The maximum Gasteiger partial charge on any atom is 0.244 e. The molecule has 0 radical (unpaired) electrons. The first-order valence-corrected chi connectivity index (χ1v) is 10.5. The molecule has 4 aromatic heterocycles. The van der Waals surface area contributed by atoms with Gasteiger partial charge in [0.05, 0.1) is 54.1 Å². The largest absolute Gasteiger partial charge is 0.479 e. The Hall–Kier alpha value is -5.04. The van der Waals surface area contributed by atoms with E-state index < -0.39 is 0 Å². The van der Waals surface area contributed by atoms with Crippen LogP contribution < -0.4 is 4.74 Å². The molecule has 0 aliphatic heterocycles. The summed E-state index contributed by atoms with van der Waals surface area (Å²) >= 11 is 0. The van der Waals surface area contributed by atoms with Crippen molar-refractivity contribution < 1.29 is 4.74 Å². The molecule has 0 amide bonds. The molecule has 0 atom stereocenters. The maximum absolute atomic E-state index is 9.04. The molecule has 0 bridgehead atoms. The Morgan fingerprint density at radius 1 is 1.09 bits per heavy atom. The Bertz CT molecular complexity index is 1690. The summed E-state index contributed by atoms with van der Waals surface area (Å²) in [5.41, 5.74) is 6.21. The number of fused-ring (bicyclic) bond motifs is 2. The van der Waals surface area contributed by atoms with Gasteiger partial charge in [0.2, 0.25) is 5.88 Å². The Morgan fingerprint density at radius 2 is 1.97 bits per heavy atom. The van der Waals surface area contributed by atoms with Gasteiger partial charge in [-0.2, -0.15) is 15.5 Å².